The van der Waals surface area contributed by atoms with Gasteiger partial charge < -0.3 is 10.5 Å². The predicted molar refractivity (Wildman–Crippen MR) is 70.8 cm³/mol. The Morgan fingerprint density at radius 3 is 2.78 bits per heavy atom. The molecule has 4 nitrogen and oxygen atoms in total. The first-order chi connectivity index (χ1) is 8.49. The number of nitrogens with zero attached hydrogens (tertiary/aromatic N) is 1. The topological polar surface area (TPSA) is 65.2 Å². The van der Waals surface area contributed by atoms with Crippen molar-refractivity contribution < 1.29 is 9.53 Å². The second kappa shape index (κ2) is 4.82. The van der Waals surface area contributed by atoms with E-state index in [2.05, 4.69) is 4.98 Å². The molecule has 0 spiro atoms. The van der Waals surface area contributed by atoms with Crippen molar-refractivity contribution in [3.63, 3.8) is 0 Å². The zero-order valence-corrected chi connectivity index (χ0v) is 10.9. The van der Waals surface area contributed by atoms with E-state index >= 15 is 0 Å². The minimum atomic E-state index is -0.711. The molecule has 5 heteroatoms. The number of aromatic nitrogens is 1. The number of halogens is 1. The fourth-order valence-electron chi connectivity index (χ4n) is 1.60. The van der Waals surface area contributed by atoms with Crippen molar-refractivity contribution in [1.29, 1.82) is 0 Å². The molecule has 0 fully saturated rings. The summed E-state index contributed by atoms with van der Waals surface area (Å²) in [6.45, 7) is 3.47. The summed E-state index contributed by atoms with van der Waals surface area (Å²) < 4.78 is 5.50. The third-order valence-electron chi connectivity index (χ3n) is 2.61. The number of rotatable bonds is 3. The van der Waals surface area contributed by atoms with Crippen LogP contribution in [0.15, 0.2) is 24.3 Å². The lowest BCUT2D eigenvalue weighted by molar-refractivity contribution is -0.123. The van der Waals surface area contributed by atoms with E-state index in [4.69, 9.17) is 22.1 Å². The number of benzene rings is 1. The van der Waals surface area contributed by atoms with Crippen molar-refractivity contribution in [2.45, 2.75) is 20.0 Å². The van der Waals surface area contributed by atoms with Crippen molar-refractivity contribution in [3.8, 4) is 5.75 Å². The average Bonchev–Trinajstić information content (AvgIpc) is 2.32. The number of aryl methyl sites for hydroxylation is 1. The number of nitrogens with two attached hydrogens (primary N) is 1. The Hall–Kier alpha value is -1.81. The summed E-state index contributed by atoms with van der Waals surface area (Å²) in [6, 6.07) is 7.15. The maximum atomic E-state index is 11.0. The van der Waals surface area contributed by atoms with Crippen LogP contribution in [0.4, 0.5) is 0 Å². The largest absolute Gasteiger partial charge is 0.479 e. The van der Waals surface area contributed by atoms with Crippen molar-refractivity contribution >= 4 is 28.4 Å². The van der Waals surface area contributed by atoms with Gasteiger partial charge >= 0.3 is 0 Å². The van der Waals surface area contributed by atoms with Gasteiger partial charge in [-0.3, -0.25) is 4.79 Å². The highest BCUT2D eigenvalue weighted by atomic mass is 35.5. The monoisotopic (exact) mass is 264 g/mol. The normalized spacial score (nSPS) is 12.4. The van der Waals surface area contributed by atoms with E-state index in [1.165, 1.54) is 0 Å². The van der Waals surface area contributed by atoms with Gasteiger partial charge in [-0.1, -0.05) is 11.6 Å². The second-order valence-electron chi connectivity index (χ2n) is 4.06. The van der Waals surface area contributed by atoms with E-state index in [1.54, 1.807) is 19.1 Å². The Morgan fingerprint density at radius 1 is 1.39 bits per heavy atom. The van der Waals surface area contributed by atoms with Crippen LogP contribution >= 0.6 is 11.6 Å². The Kier molecular flexibility index (Phi) is 3.39. The average molecular weight is 265 g/mol. The molecule has 94 valence electrons. The molecule has 1 atom stereocenters. The maximum Gasteiger partial charge on any atom is 0.258 e. The fraction of sp³-hybridized carbons (Fsp3) is 0.231. The summed E-state index contributed by atoms with van der Waals surface area (Å²) >= 11 is 6.09. The minimum absolute atomic E-state index is 0.504. The van der Waals surface area contributed by atoms with Gasteiger partial charge in [-0.2, -0.15) is 0 Å². The summed E-state index contributed by atoms with van der Waals surface area (Å²) in [4.78, 5) is 15.4. The molecule has 0 bridgehead atoms. The quantitative estimate of drug-likeness (QED) is 0.926. The van der Waals surface area contributed by atoms with E-state index < -0.39 is 12.0 Å². The number of primary amides is 1. The van der Waals surface area contributed by atoms with Crippen molar-refractivity contribution in [3.05, 3.63) is 35.0 Å². The number of pyridine rings is 1. The van der Waals surface area contributed by atoms with Crippen LogP contribution in [0.2, 0.25) is 5.02 Å². The lowest BCUT2D eigenvalue weighted by Gasteiger charge is -2.13. The number of hydrogen-bond acceptors (Lipinski definition) is 3. The smallest absolute Gasteiger partial charge is 0.258 e. The first-order valence-electron chi connectivity index (χ1n) is 5.51. The minimum Gasteiger partial charge on any atom is -0.479 e. The van der Waals surface area contributed by atoms with Crippen molar-refractivity contribution in [1.82, 2.24) is 4.98 Å². The highest BCUT2D eigenvalue weighted by molar-refractivity contribution is 6.35. The molecule has 1 unspecified atom stereocenters. The van der Waals surface area contributed by atoms with Gasteiger partial charge in [0.1, 0.15) is 11.3 Å². The van der Waals surface area contributed by atoms with Crippen LogP contribution in [0, 0.1) is 6.92 Å². The fourth-order valence-corrected chi connectivity index (χ4v) is 1.81. The molecule has 0 aliphatic rings. The lowest BCUT2D eigenvalue weighted by atomic mass is 10.2. The molecule has 1 heterocycles. The number of hydrogen-bond donors (Lipinski definition) is 1. The number of amides is 1. The van der Waals surface area contributed by atoms with Crippen LogP contribution in [0.1, 0.15) is 12.6 Å². The molecule has 2 N–H and O–H groups in total. The zero-order valence-electron chi connectivity index (χ0n) is 10.1. The summed E-state index contributed by atoms with van der Waals surface area (Å²) in [6.07, 6.45) is -0.711. The summed E-state index contributed by atoms with van der Waals surface area (Å²) in [7, 11) is 0. The number of carbonyl (C=O) groups is 1. The van der Waals surface area contributed by atoms with Gasteiger partial charge in [0.25, 0.3) is 5.91 Å². The Morgan fingerprint density at radius 2 is 2.11 bits per heavy atom. The third kappa shape index (κ3) is 2.38. The Labute approximate surface area is 110 Å². The maximum absolute atomic E-state index is 11.0. The van der Waals surface area contributed by atoms with E-state index in [0.717, 1.165) is 11.1 Å². The number of ether oxygens (including phenoxy) is 1. The van der Waals surface area contributed by atoms with E-state index in [0.29, 0.717) is 16.3 Å². The van der Waals surface area contributed by atoms with Gasteiger partial charge in [-0.25, -0.2) is 4.98 Å². The first kappa shape index (κ1) is 12.6. The van der Waals surface area contributed by atoms with E-state index in [1.807, 2.05) is 19.1 Å². The van der Waals surface area contributed by atoms with Crippen molar-refractivity contribution in [2.75, 3.05) is 0 Å². The lowest BCUT2D eigenvalue weighted by Crippen LogP contribution is -2.30. The summed E-state index contributed by atoms with van der Waals surface area (Å²) in [5.74, 6) is -0.0184. The van der Waals surface area contributed by atoms with E-state index in [9.17, 15) is 4.79 Å². The summed E-state index contributed by atoms with van der Waals surface area (Å²) in [5, 5.41) is 1.38. The molecule has 1 aromatic carbocycles. The van der Waals surface area contributed by atoms with Crippen LogP contribution in [0.25, 0.3) is 10.9 Å². The molecular weight excluding hydrogens is 252 g/mol. The van der Waals surface area contributed by atoms with Crippen LogP contribution < -0.4 is 10.5 Å². The summed E-state index contributed by atoms with van der Waals surface area (Å²) in [5.41, 5.74) is 6.66. The number of fused-ring (bicyclic) bond motifs is 1. The van der Waals surface area contributed by atoms with Gasteiger partial charge in [0, 0.05) is 11.1 Å². The second-order valence-corrected chi connectivity index (χ2v) is 4.46. The highest BCUT2D eigenvalue weighted by Gasteiger charge is 2.14. The molecular formula is C13H13ClN2O2. The van der Waals surface area contributed by atoms with Gasteiger partial charge in [-0.05, 0) is 38.1 Å². The van der Waals surface area contributed by atoms with Crippen LogP contribution in [0.3, 0.4) is 0 Å². The molecule has 0 radical (unpaired) electrons. The SMILES string of the molecule is Cc1ccc2c(Cl)ccc(OC(C)C(N)=O)c2n1. The molecule has 1 aromatic heterocycles. The molecule has 0 saturated carbocycles. The van der Waals surface area contributed by atoms with Gasteiger partial charge in [-0.15, -0.1) is 0 Å². The third-order valence-corrected chi connectivity index (χ3v) is 2.94. The van der Waals surface area contributed by atoms with Crippen molar-refractivity contribution in [2.24, 2.45) is 5.73 Å². The van der Waals surface area contributed by atoms with Crippen LogP contribution in [-0.4, -0.2) is 17.0 Å². The Bertz CT molecular complexity index is 613. The predicted octanol–water partition coefficient (Wildman–Crippen LogP) is 2.45. The van der Waals surface area contributed by atoms with Gasteiger partial charge in [0.05, 0.1) is 5.02 Å². The van der Waals surface area contributed by atoms with E-state index in [-0.39, 0.29) is 0 Å². The van der Waals surface area contributed by atoms with Gasteiger partial charge in [0.15, 0.2) is 6.10 Å². The molecule has 1 amide bonds. The molecule has 0 aliphatic carbocycles. The first-order valence-corrected chi connectivity index (χ1v) is 5.88. The molecule has 0 saturated heterocycles. The van der Waals surface area contributed by atoms with Crippen LogP contribution in [0.5, 0.6) is 5.75 Å². The Balaban J connectivity index is 2.54. The standard InChI is InChI=1S/C13H13ClN2O2/c1-7-3-4-9-10(14)5-6-11(12(9)16-7)18-8(2)13(15)17/h3-6,8H,1-2H3,(H2,15,17). The highest BCUT2D eigenvalue weighted by Crippen LogP contribution is 2.30. The molecule has 0 aliphatic heterocycles. The zero-order chi connectivity index (χ0) is 13.3. The molecule has 2 rings (SSSR count). The molecule has 2 aromatic rings. The molecule has 18 heavy (non-hydrogen) atoms. The van der Waals surface area contributed by atoms with Crippen LogP contribution in [-0.2, 0) is 4.79 Å². The number of carbonyl (C=O) groups excluding carboxylic acids is 1. The van der Waals surface area contributed by atoms with Gasteiger partial charge in [0.2, 0.25) is 0 Å².